The third-order valence-electron chi connectivity index (χ3n) is 3.34. The first-order valence-corrected chi connectivity index (χ1v) is 9.01. The van der Waals surface area contributed by atoms with Gasteiger partial charge in [-0.3, -0.25) is 0 Å². The molecule has 0 spiro atoms. The zero-order valence-corrected chi connectivity index (χ0v) is 13.5. The molecule has 0 bridgehead atoms. The highest BCUT2D eigenvalue weighted by Crippen LogP contribution is 2.29. The van der Waals surface area contributed by atoms with Crippen LogP contribution < -0.4 is 5.32 Å². The minimum Gasteiger partial charge on any atom is -0.309 e. The minimum atomic E-state index is -3.46. The van der Waals surface area contributed by atoms with Crippen LogP contribution in [0.5, 0.6) is 0 Å². The number of terminal acetylenes is 1. The number of hydrogen-bond acceptors (Lipinski definition) is 4. The van der Waals surface area contributed by atoms with Gasteiger partial charge in [0.1, 0.15) is 4.21 Å². The van der Waals surface area contributed by atoms with E-state index in [1.807, 2.05) is 6.92 Å². The molecule has 0 saturated heterocycles. The van der Waals surface area contributed by atoms with Gasteiger partial charge in [-0.2, -0.15) is 4.31 Å². The van der Waals surface area contributed by atoms with Gasteiger partial charge in [0.25, 0.3) is 10.0 Å². The van der Waals surface area contributed by atoms with Gasteiger partial charge in [-0.05, 0) is 31.4 Å². The lowest BCUT2D eigenvalue weighted by Gasteiger charge is -2.16. The smallest absolute Gasteiger partial charge is 0.253 e. The molecule has 0 atom stereocenters. The summed E-state index contributed by atoms with van der Waals surface area (Å²) in [6.07, 6.45) is 7.69. The van der Waals surface area contributed by atoms with E-state index in [0.717, 1.165) is 17.0 Å². The molecule has 110 valence electrons. The maximum absolute atomic E-state index is 12.5. The van der Waals surface area contributed by atoms with Crippen molar-refractivity contribution < 1.29 is 8.42 Å². The van der Waals surface area contributed by atoms with Gasteiger partial charge >= 0.3 is 0 Å². The minimum absolute atomic E-state index is 0.117. The molecule has 0 aromatic carbocycles. The van der Waals surface area contributed by atoms with Crippen LogP contribution in [0, 0.1) is 19.3 Å². The fourth-order valence-electron chi connectivity index (χ4n) is 1.91. The highest BCUT2D eigenvalue weighted by molar-refractivity contribution is 7.91. The first kappa shape index (κ1) is 15.5. The maximum atomic E-state index is 12.5. The van der Waals surface area contributed by atoms with Crippen molar-refractivity contribution in [2.24, 2.45) is 0 Å². The molecule has 1 aliphatic rings. The largest absolute Gasteiger partial charge is 0.309 e. The molecule has 2 rings (SSSR count). The van der Waals surface area contributed by atoms with Crippen molar-refractivity contribution >= 4 is 21.4 Å². The molecule has 1 aromatic rings. The van der Waals surface area contributed by atoms with Crippen LogP contribution in [0.4, 0.5) is 0 Å². The molecule has 4 nitrogen and oxygen atoms in total. The van der Waals surface area contributed by atoms with Crippen LogP contribution >= 0.6 is 11.3 Å². The predicted octanol–water partition coefficient (Wildman–Crippen LogP) is 1.95. The first-order chi connectivity index (χ1) is 9.48. The summed E-state index contributed by atoms with van der Waals surface area (Å²) in [4.78, 5) is 1.09. The fraction of sp³-hybridized carbons (Fsp3) is 0.571. The van der Waals surface area contributed by atoms with Gasteiger partial charge < -0.3 is 5.32 Å². The van der Waals surface area contributed by atoms with Crippen molar-refractivity contribution in [1.29, 1.82) is 0 Å². The second-order valence-electron chi connectivity index (χ2n) is 4.96. The van der Waals surface area contributed by atoms with E-state index in [4.69, 9.17) is 6.42 Å². The lowest BCUT2D eigenvalue weighted by atomic mass is 10.3. The number of rotatable bonds is 7. The van der Waals surface area contributed by atoms with E-state index >= 15 is 0 Å². The molecule has 6 heteroatoms. The van der Waals surface area contributed by atoms with E-state index in [-0.39, 0.29) is 6.54 Å². The topological polar surface area (TPSA) is 49.4 Å². The van der Waals surface area contributed by atoms with Crippen molar-refractivity contribution in [2.75, 3.05) is 13.1 Å². The van der Waals surface area contributed by atoms with Gasteiger partial charge in [-0.15, -0.1) is 17.8 Å². The van der Waals surface area contributed by atoms with E-state index in [2.05, 4.69) is 11.2 Å². The van der Waals surface area contributed by atoms with Crippen LogP contribution in [0.1, 0.15) is 30.2 Å². The van der Waals surface area contributed by atoms with E-state index in [1.165, 1.54) is 28.5 Å². The molecule has 1 N–H and O–H groups in total. The Morgan fingerprint density at radius 3 is 2.80 bits per heavy atom. The Morgan fingerprint density at radius 1 is 1.55 bits per heavy atom. The Kier molecular flexibility index (Phi) is 4.86. The molecule has 1 aliphatic carbocycles. The molecule has 1 fully saturated rings. The van der Waals surface area contributed by atoms with Crippen LogP contribution in [-0.2, 0) is 16.6 Å². The average Bonchev–Trinajstić information content (AvgIpc) is 3.16. The van der Waals surface area contributed by atoms with Gasteiger partial charge in [-0.1, -0.05) is 12.8 Å². The molecule has 0 amide bonds. The monoisotopic (exact) mass is 312 g/mol. The summed E-state index contributed by atoms with van der Waals surface area (Å²) in [5.74, 6) is 2.40. The van der Waals surface area contributed by atoms with Gasteiger partial charge in [-0.25, -0.2) is 8.42 Å². The zero-order valence-electron chi connectivity index (χ0n) is 11.8. The van der Waals surface area contributed by atoms with Crippen LogP contribution in [0.2, 0.25) is 0 Å². The summed E-state index contributed by atoms with van der Waals surface area (Å²) in [7, 11) is -3.46. The highest BCUT2D eigenvalue weighted by atomic mass is 32.2. The van der Waals surface area contributed by atoms with Crippen molar-refractivity contribution in [3.05, 3.63) is 16.5 Å². The number of aryl methyl sites for hydroxylation is 1. The van der Waals surface area contributed by atoms with Crippen LogP contribution in [-0.4, -0.2) is 31.9 Å². The number of hydrogen-bond donors (Lipinski definition) is 1. The van der Waals surface area contributed by atoms with E-state index in [1.54, 1.807) is 13.0 Å². The van der Waals surface area contributed by atoms with E-state index < -0.39 is 10.0 Å². The van der Waals surface area contributed by atoms with Crippen molar-refractivity contribution in [3.63, 3.8) is 0 Å². The van der Waals surface area contributed by atoms with Gasteiger partial charge in [0.05, 0.1) is 6.54 Å². The molecule has 1 saturated carbocycles. The van der Waals surface area contributed by atoms with E-state index in [0.29, 0.717) is 16.8 Å². The Labute approximate surface area is 125 Å². The summed E-state index contributed by atoms with van der Waals surface area (Å²) in [6.45, 7) is 5.00. The first-order valence-electron chi connectivity index (χ1n) is 6.75. The Balaban J connectivity index is 2.18. The molecule has 1 heterocycles. The summed E-state index contributed by atoms with van der Waals surface area (Å²) >= 11 is 1.35. The van der Waals surface area contributed by atoms with Crippen molar-refractivity contribution in [2.45, 2.75) is 43.5 Å². The normalized spacial score (nSPS) is 15.5. The Bertz CT molecular complexity index is 610. The maximum Gasteiger partial charge on any atom is 0.253 e. The molecular weight excluding hydrogens is 292 g/mol. The predicted molar refractivity (Wildman–Crippen MR) is 82.2 cm³/mol. The second kappa shape index (κ2) is 6.27. The number of thiophene rings is 1. The quantitative estimate of drug-likeness (QED) is 0.783. The van der Waals surface area contributed by atoms with Gasteiger partial charge in [0, 0.05) is 24.0 Å². The zero-order chi connectivity index (χ0) is 14.8. The second-order valence-corrected chi connectivity index (χ2v) is 8.26. The number of nitrogens with one attached hydrogen (secondary N) is 1. The summed E-state index contributed by atoms with van der Waals surface area (Å²) in [5.41, 5.74) is 1.03. The lowest BCUT2D eigenvalue weighted by Crippen LogP contribution is -2.30. The third-order valence-corrected chi connectivity index (χ3v) is 6.95. The molecular formula is C14H20N2O2S2. The Morgan fingerprint density at radius 2 is 2.25 bits per heavy atom. The molecule has 0 unspecified atom stereocenters. The van der Waals surface area contributed by atoms with Crippen LogP contribution in [0.15, 0.2) is 10.3 Å². The number of nitrogens with zero attached hydrogens (tertiary/aromatic N) is 1. The SMILES string of the molecule is C#CCN(CC)S(=O)(=O)c1cc(C)c(CNC2CC2)s1. The summed E-state index contributed by atoms with van der Waals surface area (Å²) in [6, 6.07) is 2.37. The van der Waals surface area contributed by atoms with Gasteiger partial charge in [0.15, 0.2) is 0 Å². The van der Waals surface area contributed by atoms with E-state index in [9.17, 15) is 8.42 Å². The Hall–Kier alpha value is -0.870. The van der Waals surface area contributed by atoms with Crippen LogP contribution in [0.25, 0.3) is 0 Å². The van der Waals surface area contributed by atoms with Crippen molar-refractivity contribution in [3.8, 4) is 12.3 Å². The molecule has 20 heavy (non-hydrogen) atoms. The third kappa shape index (κ3) is 3.41. The summed E-state index contributed by atoms with van der Waals surface area (Å²) in [5, 5.41) is 3.42. The standard InChI is InChI=1S/C14H20N2O2S2/c1-4-8-16(5-2)20(17,18)14-9-11(3)13(19-14)10-15-12-6-7-12/h1,9,12,15H,5-8,10H2,2-3H3. The highest BCUT2D eigenvalue weighted by Gasteiger charge is 2.26. The van der Waals surface area contributed by atoms with Crippen LogP contribution in [0.3, 0.4) is 0 Å². The van der Waals surface area contributed by atoms with Crippen molar-refractivity contribution in [1.82, 2.24) is 9.62 Å². The van der Waals surface area contributed by atoms with Gasteiger partial charge in [0.2, 0.25) is 0 Å². The molecule has 1 aromatic heterocycles. The summed E-state index contributed by atoms with van der Waals surface area (Å²) < 4.78 is 26.7. The average molecular weight is 312 g/mol. The fourth-order valence-corrected chi connectivity index (χ4v) is 4.97. The lowest BCUT2D eigenvalue weighted by molar-refractivity contribution is 0.466. The number of sulfonamides is 1. The molecule has 0 aliphatic heterocycles. The molecule has 0 radical (unpaired) electrons.